The molecule has 0 radical (unpaired) electrons. The van der Waals surface area contributed by atoms with E-state index in [2.05, 4.69) is 80.5 Å². The van der Waals surface area contributed by atoms with Gasteiger partial charge in [0, 0.05) is 25.7 Å². The van der Waals surface area contributed by atoms with E-state index in [-0.39, 0.29) is 0 Å². The lowest BCUT2D eigenvalue weighted by Crippen LogP contribution is -2.09. The van der Waals surface area contributed by atoms with Gasteiger partial charge in [-0.2, -0.15) is 0 Å². The number of hydrogen-bond acceptors (Lipinski definition) is 1. The summed E-state index contributed by atoms with van der Waals surface area (Å²) in [6.07, 6.45) is 2.40. The van der Waals surface area contributed by atoms with E-state index in [1.807, 2.05) is 0 Å². The van der Waals surface area contributed by atoms with Gasteiger partial charge in [0.1, 0.15) is 0 Å². The van der Waals surface area contributed by atoms with E-state index in [0.717, 1.165) is 0 Å². The lowest BCUT2D eigenvalue weighted by Gasteiger charge is -2.20. The second-order valence-corrected chi connectivity index (χ2v) is 5.24. The normalized spacial score (nSPS) is 12.2. The summed E-state index contributed by atoms with van der Waals surface area (Å²) in [6, 6.07) is 19.7. The highest BCUT2D eigenvalue weighted by Crippen LogP contribution is 2.30. The van der Waals surface area contributed by atoms with Gasteiger partial charge in [-0.1, -0.05) is 55.8 Å². The van der Waals surface area contributed by atoms with Crippen molar-refractivity contribution in [2.45, 2.75) is 25.7 Å². The summed E-state index contributed by atoms with van der Waals surface area (Å²) in [5.74, 6) is 0.506. The quantitative estimate of drug-likeness (QED) is 0.747. The zero-order valence-corrected chi connectivity index (χ0v) is 12.1. The minimum absolute atomic E-state index is 0.506. The molecule has 1 unspecified atom stereocenters. The maximum Gasteiger partial charge on any atom is 0.0363 e. The molecule has 0 spiro atoms. The maximum atomic E-state index is 2.31. The summed E-state index contributed by atoms with van der Waals surface area (Å²) in [5, 5.41) is 0. The van der Waals surface area contributed by atoms with Crippen molar-refractivity contribution < 1.29 is 0 Å². The average Bonchev–Trinajstić information content (AvgIpc) is 2.46. The minimum Gasteiger partial charge on any atom is -0.378 e. The molecule has 2 aromatic rings. The van der Waals surface area contributed by atoms with Crippen molar-refractivity contribution in [1.29, 1.82) is 0 Å². The molecule has 0 aliphatic heterocycles. The van der Waals surface area contributed by atoms with Crippen LogP contribution in [0, 0.1) is 0 Å². The predicted molar refractivity (Wildman–Crippen MR) is 84.0 cm³/mol. The Morgan fingerprint density at radius 2 is 1.58 bits per heavy atom. The van der Waals surface area contributed by atoms with E-state index in [0.29, 0.717) is 5.92 Å². The molecule has 1 atom stereocenters. The molecule has 0 aliphatic rings. The van der Waals surface area contributed by atoms with Gasteiger partial charge in [0.15, 0.2) is 0 Å². The highest BCUT2D eigenvalue weighted by molar-refractivity contribution is 5.49. The van der Waals surface area contributed by atoms with Gasteiger partial charge >= 0.3 is 0 Å². The van der Waals surface area contributed by atoms with E-state index < -0.39 is 0 Å². The molecule has 0 fully saturated rings. The molecule has 100 valence electrons. The second kappa shape index (κ2) is 6.42. The molecule has 0 saturated heterocycles. The number of hydrogen-bond donors (Lipinski definition) is 0. The van der Waals surface area contributed by atoms with E-state index in [4.69, 9.17) is 0 Å². The average molecular weight is 253 g/mol. The van der Waals surface area contributed by atoms with Gasteiger partial charge in [-0.25, -0.2) is 0 Å². The first-order chi connectivity index (χ1) is 9.22. The van der Waals surface area contributed by atoms with Crippen molar-refractivity contribution in [2.75, 3.05) is 19.0 Å². The van der Waals surface area contributed by atoms with Crippen LogP contribution in [0.1, 0.15) is 36.8 Å². The molecule has 0 aromatic heterocycles. The van der Waals surface area contributed by atoms with Crippen LogP contribution in [-0.2, 0) is 0 Å². The van der Waals surface area contributed by atoms with Crippen LogP contribution in [0.2, 0.25) is 0 Å². The minimum atomic E-state index is 0.506. The van der Waals surface area contributed by atoms with Crippen LogP contribution >= 0.6 is 0 Å². The summed E-state index contributed by atoms with van der Waals surface area (Å²) < 4.78 is 0. The van der Waals surface area contributed by atoms with Crippen molar-refractivity contribution in [3.05, 3.63) is 65.7 Å². The van der Waals surface area contributed by atoms with Gasteiger partial charge in [0.25, 0.3) is 0 Å². The standard InChI is InChI=1S/C18H23N/c1-4-9-18(15-10-6-5-7-11-15)16-12-8-13-17(14-16)19(2)3/h5-8,10-14,18H,4,9H2,1-3H3. The van der Waals surface area contributed by atoms with Gasteiger partial charge in [-0.15, -0.1) is 0 Å². The monoisotopic (exact) mass is 253 g/mol. The molecule has 0 N–H and O–H groups in total. The Kier molecular flexibility index (Phi) is 4.62. The zero-order chi connectivity index (χ0) is 13.7. The second-order valence-electron chi connectivity index (χ2n) is 5.24. The fourth-order valence-corrected chi connectivity index (χ4v) is 2.52. The van der Waals surface area contributed by atoms with Crippen molar-refractivity contribution in [1.82, 2.24) is 0 Å². The topological polar surface area (TPSA) is 3.24 Å². The molecule has 0 heterocycles. The molecule has 0 aliphatic carbocycles. The van der Waals surface area contributed by atoms with Crippen LogP contribution in [-0.4, -0.2) is 14.1 Å². The Hall–Kier alpha value is -1.76. The summed E-state index contributed by atoms with van der Waals surface area (Å²) in [5.41, 5.74) is 4.11. The first-order valence-electron chi connectivity index (χ1n) is 7.04. The SMILES string of the molecule is CCCC(c1ccccc1)c1cccc(N(C)C)c1. The fraction of sp³-hybridized carbons (Fsp3) is 0.333. The van der Waals surface area contributed by atoms with Gasteiger partial charge in [0.2, 0.25) is 0 Å². The molecule has 1 heteroatoms. The molecule has 2 aromatic carbocycles. The van der Waals surface area contributed by atoms with Crippen LogP contribution in [0.15, 0.2) is 54.6 Å². The first-order valence-corrected chi connectivity index (χ1v) is 7.04. The Balaban J connectivity index is 2.36. The largest absolute Gasteiger partial charge is 0.378 e. The molecule has 2 rings (SSSR count). The first kappa shape index (κ1) is 13.7. The molecule has 0 amide bonds. The lowest BCUT2D eigenvalue weighted by molar-refractivity contribution is 0.698. The summed E-state index contributed by atoms with van der Waals surface area (Å²) in [6.45, 7) is 2.26. The zero-order valence-electron chi connectivity index (χ0n) is 12.1. The molecular weight excluding hydrogens is 230 g/mol. The number of benzene rings is 2. The predicted octanol–water partition coefficient (Wildman–Crippen LogP) is 4.68. The van der Waals surface area contributed by atoms with Crippen LogP contribution in [0.3, 0.4) is 0 Å². The van der Waals surface area contributed by atoms with Gasteiger partial charge < -0.3 is 4.90 Å². The Morgan fingerprint density at radius 1 is 0.895 bits per heavy atom. The van der Waals surface area contributed by atoms with Crippen molar-refractivity contribution in [3.8, 4) is 0 Å². The van der Waals surface area contributed by atoms with Gasteiger partial charge in [-0.3, -0.25) is 0 Å². The Bertz CT molecular complexity index is 502. The highest BCUT2D eigenvalue weighted by atomic mass is 15.1. The van der Waals surface area contributed by atoms with E-state index in [1.54, 1.807) is 0 Å². The number of anilines is 1. The summed E-state index contributed by atoms with van der Waals surface area (Å²) in [7, 11) is 4.19. The fourth-order valence-electron chi connectivity index (χ4n) is 2.52. The van der Waals surface area contributed by atoms with Gasteiger partial charge in [0.05, 0.1) is 0 Å². The third-order valence-electron chi connectivity index (χ3n) is 3.57. The molecule has 0 bridgehead atoms. The molecule has 0 saturated carbocycles. The number of rotatable bonds is 5. The van der Waals surface area contributed by atoms with Crippen LogP contribution in [0.4, 0.5) is 5.69 Å². The van der Waals surface area contributed by atoms with E-state index in [9.17, 15) is 0 Å². The lowest BCUT2D eigenvalue weighted by atomic mass is 9.87. The van der Waals surface area contributed by atoms with Crippen LogP contribution < -0.4 is 4.90 Å². The molecule has 1 nitrogen and oxygen atoms in total. The van der Waals surface area contributed by atoms with Gasteiger partial charge in [-0.05, 0) is 29.7 Å². The van der Waals surface area contributed by atoms with Crippen LogP contribution in [0.25, 0.3) is 0 Å². The smallest absolute Gasteiger partial charge is 0.0363 e. The van der Waals surface area contributed by atoms with Crippen molar-refractivity contribution in [2.24, 2.45) is 0 Å². The van der Waals surface area contributed by atoms with E-state index in [1.165, 1.54) is 29.7 Å². The Labute approximate surface area is 116 Å². The summed E-state index contributed by atoms with van der Waals surface area (Å²) >= 11 is 0. The Morgan fingerprint density at radius 3 is 2.21 bits per heavy atom. The molecular formula is C18H23N. The molecule has 19 heavy (non-hydrogen) atoms. The summed E-state index contributed by atoms with van der Waals surface area (Å²) in [4.78, 5) is 2.16. The van der Waals surface area contributed by atoms with Crippen LogP contribution in [0.5, 0.6) is 0 Å². The van der Waals surface area contributed by atoms with E-state index >= 15 is 0 Å². The maximum absolute atomic E-state index is 2.31. The third kappa shape index (κ3) is 3.37. The van der Waals surface area contributed by atoms with Crippen molar-refractivity contribution >= 4 is 5.69 Å². The number of nitrogens with zero attached hydrogens (tertiary/aromatic N) is 1. The van der Waals surface area contributed by atoms with Crippen molar-refractivity contribution in [3.63, 3.8) is 0 Å². The third-order valence-corrected chi connectivity index (χ3v) is 3.57. The highest BCUT2D eigenvalue weighted by Gasteiger charge is 2.13.